The van der Waals surface area contributed by atoms with Crippen LogP contribution >= 0.6 is 0 Å². The number of nitrogens with one attached hydrogen (secondary N) is 3. The van der Waals surface area contributed by atoms with Crippen molar-refractivity contribution in [2.24, 2.45) is 0 Å². The van der Waals surface area contributed by atoms with E-state index in [1.54, 1.807) is 35.2 Å². The summed E-state index contributed by atoms with van der Waals surface area (Å²) in [6, 6.07) is 17.7. The maximum atomic E-state index is 12.8. The Morgan fingerprint density at radius 1 is 0.975 bits per heavy atom. The number of aliphatic hydroxyl groups is 1. The highest BCUT2D eigenvalue weighted by molar-refractivity contribution is 6.05. The highest BCUT2D eigenvalue weighted by Crippen LogP contribution is 2.28. The second kappa shape index (κ2) is 11.5. The third-order valence-electron chi connectivity index (χ3n) is 7.00. The minimum absolute atomic E-state index is 0.139. The van der Waals surface area contributed by atoms with Crippen LogP contribution in [0.3, 0.4) is 0 Å². The van der Waals surface area contributed by atoms with Gasteiger partial charge >= 0.3 is 0 Å². The van der Waals surface area contributed by atoms with Crippen LogP contribution < -0.4 is 16.2 Å². The van der Waals surface area contributed by atoms with E-state index >= 15 is 0 Å². The Morgan fingerprint density at radius 2 is 1.70 bits per heavy atom. The first-order valence-corrected chi connectivity index (χ1v) is 13.1. The molecular weight excluding hydrogens is 508 g/mol. The smallest absolute Gasteiger partial charge is 0.287 e. The molecule has 2 aromatic carbocycles. The average molecular weight is 539 g/mol. The number of aromatic nitrogens is 3. The number of aliphatic hydroxyl groups excluding tert-OH is 1. The van der Waals surface area contributed by atoms with E-state index in [4.69, 9.17) is 0 Å². The maximum absolute atomic E-state index is 12.8. The molecule has 0 atom stereocenters. The van der Waals surface area contributed by atoms with Crippen LogP contribution in [0.1, 0.15) is 44.7 Å². The van der Waals surface area contributed by atoms with Crippen molar-refractivity contribution in [3.05, 3.63) is 99.5 Å². The van der Waals surface area contributed by atoms with E-state index in [1.165, 1.54) is 6.20 Å². The van der Waals surface area contributed by atoms with Crippen LogP contribution in [0.5, 0.6) is 0 Å². The zero-order valence-corrected chi connectivity index (χ0v) is 22.3. The van der Waals surface area contributed by atoms with Crippen LogP contribution in [0.2, 0.25) is 0 Å². The molecule has 1 aliphatic heterocycles. The van der Waals surface area contributed by atoms with Crippen molar-refractivity contribution >= 4 is 29.0 Å². The molecule has 0 unspecified atom stereocenters. The van der Waals surface area contributed by atoms with Gasteiger partial charge < -0.3 is 20.6 Å². The summed E-state index contributed by atoms with van der Waals surface area (Å²) < 4.78 is 0. The van der Waals surface area contributed by atoms with E-state index < -0.39 is 5.56 Å². The number of anilines is 3. The molecule has 1 saturated heterocycles. The van der Waals surface area contributed by atoms with Crippen molar-refractivity contribution in [1.29, 1.82) is 0 Å². The fraction of sp³-hybridized carbons (Fsp3) is 0.233. The molecule has 4 aromatic rings. The Kier molecular flexibility index (Phi) is 7.70. The molecule has 3 heterocycles. The molecule has 0 radical (unpaired) electrons. The number of hydrogen-bond acceptors (Lipinski definition) is 7. The second-order valence-corrected chi connectivity index (χ2v) is 9.87. The minimum Gasteiger partial charge on any atom is -0.393 e. The lowest BCUT2D eigenvalue weighted by atomic mass is 10.0. The number of carbonyl (C=O) groups is 2. The number of H-pyrrole nitrogens is 1. The first kappa shape index (κ1) is 26.8. The summed E-state index contributed by atoms with van der Waals surface area (Å²) in [5.74, 6) is 0.0341. The van der Waals surface area contributed by atoms with Crippen molar-refractivity contribution in [1.82, 2.24) is 20.1 Å². The molecule has 10 nitrogen and oxygen atoms in total. The molecule has 2 aromatic heterocycles. The predicted octanol–water partition coefficient (Wildman–Crippen LogP) is 4.04. The van der Waals surface area contributed by atoms with Crippen molar-refractivity contribution in [3.63, 3.8) is 0 Å². The Morgan fingerprint density at radius 3 is 2.40 bits per heavy atom. The monoisotopic (exact) mass is 538 g/mol. The van der Waals surface area contributed by atoms with Crippen molar-refractivity contribution in [3.8, 4) is 11.3 Å². The fourth-order valence-electron chi connectivity index (χ4n) is 4.57. The molecular formula is C30H30N6O4. The zero-order chi connectivity index (χ0) is 28.2. The number of aromatic amines is 1. The molecule has 40 heavy (non-hydrogen) atoms. The topological polar surface area (TPSA) is 140 Å². The molecule has 5 rings (SSSR count). The molecule has 2 amide bonds. The number of benzene rings is 2. The van der Waals surface area contributed by atoms with E-state index in [2.05, 4.69) is 25.8 Å². The molecule has 1 fully saturated rings. The van der Waals surface area contributed by atoms with E-state index in [-0.39, 0.29) is 23.6 Å². The molecule has 10 heteroatoms. The number of amides is 2. The maximum Gasteiger partial charge on any atom is 0.287 e. The van der Waals surface area contributed by atoms with Crippen LogP contribution in [0.15, 0.2) is 71.7 Å². The van der Waals surface area contributed by atoms with E-state index in [0.717, 1.165) is 16.7 Å². The van der Waals surface area contributed by atoms with Gasteiger partial charge in [-0.2, -0.15) is 5.10 Å². The Balaban J connectivity index is 1.32. The van der Waals surface area contributed by atoms with Gasteiger partial charge in [-0.1, -0.05) is 29.8 Å². The molecule has 204 valence electrons. The molecule has 4 N–H and O–H groups in total. The summed E-state index contributed by atoms with van der Waals surface area (Å²) >= 11 is 0. The third-order valence-corrected chi connectivity index (χ3v) is 7.00. The Hall–Kier alpha value is -4.83. The predicted molar refractivity (Wildman–Crippen MR) is 153 cm³/mol. The molecule has 1 aliphatic rings. The van der Waals surface area contributed by atoms with Gasteiger partial charge in [-0.25, -0.2) is 10.1 Å². The lowest BCUT2D eigenvalue weighted by Gasteiger charge is -2.29. The zero-order valence-electron chi connectivity index (χ0n) is 22.3. The van der Waals surface area contributed by atoms with Gasteiger partial charge in [0.2, 0.25) is 0 Å². The standard InChI is InChI=1S/C30H30N6O4/c1-18-6-8-20(9-7-18)28(38)33-24-5-3-4-23(19(24)2)25-16-26(29(39)35-34-25)32-27-11-10-21(17-31-27)30(40)36-14-12-22(37)13-15-36/h3-11,16-17,22,37H,12-15H2,1-2H3,(H,33,38)(H,35,39)(H,31,32,34). The summed E-state index contributed by atoms with van der Waals surface area (Å²) in [4.78, 5) is 44.1. The number of carbonyl (C=O) groups excluding carboxylic acids is 2. The van der Waals surface area contributed by atoms with Gasteiger partial charge in [0, 0.05) is 36.1 Å². The largest absolute Gasteiger partial charge is 0.393 e. The molecule has 0 spiro atoms. The van der Waals surface area contributed by atoms with Crippen molar-refractivity contribution < 1.29 is 14.7 Å². The van der Waals surface area contributed by atoms with Crippen molar-refractivity contribution in [2.75, 3.05) is 23.7 Å². The van der Waals surface area contributed by atoms with Gasteiger partial charge in [0.25, 0.3) is 17.4 Å². The second-order valence-electron chi connectivity index (χ2n) is 9.87. The number of piperidine rings is 1. The van der Waals surface area contributed by atoms with Crippen LogP contribution in [0.4, 0.5) is 17.2 Å². The summed E-state index contributed by atoms with van der Waals surface area (Å²) in [5.41, 5.74) is 4.53. The lowest BCUT2D eigenvalue weighted by molar-refractivity contribution is 0.0546. The number of likely N-dealkylation sites (tertiary alicyclic amines) is 1. The number of rotatable bonds is 6. The lowest BCUT2D eigenvalue weighted by Crippen LogP contribution is -2.40. The van der Waals surface area contributed by atoms with Gasteiger partial charge in [0.15, 0.2) is 0 Å². The Labute approximate surface area is 231 Å². The van der Waals surface area contributed by atoms with Crippen LogP contribution in [0, 0.1) is 13.8 Å². The normalized spacial score (nSPS) is 13.6. The average Bonchev–Trinajstić information content (AvgIpc) is 2.96. The van der Waals surface area contributed by atoms with E-state index in [1.807, 2.05) is 44.2 Å². The third kappa shape index (κ3) is 5.92. The number of hydrogen-bond donors (Lipinski definition) is 4. The first-order valence-electron chi connectivity index (χ1n) is 13.1. The summed E-state index contributed by atoms with van der Waals surface area (Å²) in [5, 5.41) is 22.4. The number of pyridine rings is 1. The van der Waals surface area contributed by atoms with Gasteiger partial charge in [0.1, 0.15) is 11.5 Å². The van der Waals surface area contributed by atoms with E-state index in [9.17, 15) is 19.5 Å². The number of aryl methyl sites for hydroxylation is 1. The van der Waals surface area contributed by atoms with Crippen LogP contribution in [-0.4, -0.2) is 56.2 Å². The number of nitrogens with zero attached hydrogens (tertiary/aromatic N) is 3. The summed E-state index contributed by atoms with van der Waals surface area (Å²) in [6.07, 6.45) is 2.23. The minimum atomic E-state index is -0.431. The highest BCUT2D eigenvalue weighted by atomic mass is 16.3. The Bertz CT molecular complexity index is 1590. The van der Waals surface area contributed by atoms with Gasteiger partial charge in [-0.05, 0) is 68.7 Å². The summed E-state index contributed by atoms with van der Waals surface area (Å²) in [7, 11) is 0. The van der Waals surface area contributed by atoms with Gasteiger partial charge in [-0.15, -0.1) is 0 Å². The van der Waals surface area contributed by atoms with Gasteiger partial charge in [0.05, 0.1) is 17.4 Å². The SMILES string of the molecule is Cc1ccc(C(=O)Nc2cccc(-c3cc(Nc4ccc(C(=O)N5CCC(O)CC5)cn4)c(=O)[nH]n3)c2C)cc1. The van der Waals surface area contributed by atoms with Crippen LogP contribution in [-0.2, 0) is 0 Å². The van der Waals surface area contributed by atoms with Crippen LogP contribution in [0.25, 0.3) is 11.3 Å². The summed E-state index contributed by atoms with van der Waals surface area (Å²) in [6.45, 7) is 4.85. The van der Waals surface area contributed by atoms with Gasteiger partial charge in [-0.3, -0.25) is 14.4 Å². The molecule has 0 saturated carbocycles. The first-order chi connectivity index (χ1) is 19.3. The van der Waals surface area contributed by atoms with Crippen molar-refractivity contribution in [2.45, 2.75) is 32.8 Å². The highest BCUT2D eigenvalue weighted by Gasteiger charge is 2.22. The molecule has 0 aliphatic carbocycles. The fourth-order valence-corrected chi connectivity index (χ4v) is 4.57. The molecule has 0 bridgehead atoms. The quantitative estimate of drug-likeness (QED) is 0.290. The van der Waals surface area contributed by atoms with E-state index in [0.29, 0.717) is 54.3 Å².